The molecule has 0 aliphatic carbocycles. The van der Waals surface area contributed by atoms with Crippen LogP contribution in [0.3, 0.4) is 0 Å². The highest BCUT2D eigenvalue weighted by Crippen LogP contribution is 2.38. The predicted octanol–water partition coefficient (Wildman–Crippen LogP) is 2.24. The Bertz CT molecular complexity index is 1400. The lowest BCUT2D eigenvalue weighted by Gasteiger charge is -2.42. The van der Waals surface area contributed by atoms with Crippen molar-refractivity contribution in [2.75, 3.05) is 36.5 Å². The zero-order chi connectivity index (χ0) is 25.0. The summed E-state index contributed by atoms with van der Waals surface area (Å²) in [6.45, 7) is 7.09. The number of nitrogens with one attached hydrogen (secondary N) is 2. The third-order valence-electron chi connectivity index (χ3n) is 6.73. The molecule has 0 radical (unpaired) electrons. The Hall–Kier alpha value is -3.15. The van der Waals surface area contributed by atoms with Crippen LogP contribution in [0.1, 0.15) is 25.8 Å². The van der Waals surface area contributed by atoms with Crippen molar-refractivity contribution in [3.8, 4) is 5.75 Å². The van der Waals surface area contributed by atoms with Gasteiger partial charge in [-0.15, -0.1) is 0 Å². The van der Waals surface area contributed by atoms with E-state index in [1.165, 1.54) is 4.31 Å². The van der Waals surface area contributed by atoms with Crippen LogP contribution in [-0.2, 0) is 14.8 Å². The molecule has 3 N–H and O–H groups in total. The summed E-state index contributed by atoms with van der Waals surface area (Å²) in [6, 6.07) is 8.00. The zero-order valence-electron chi connectivity index (χ0n) is 19.9. The van der Waals surface area contributed by atoms with Gasteiger partial charge in [-0.05, 0) is 57.0 Å². The summed E-state index contributed by atoms with van der Waals surface area (Å²) in [4.78, 5) is 15.3. The molecule has 35 heavy (non-hydrogen) atoms. The number of hydrogen-bond donors (Lipinski definition) is 3. The number of rotatable bonds is 6. The van der Waals surface area contributed by atoms with Gasteiger partial charge in [-0.25, -0.2) is 8.42 Å². The number of benzene rings is 2. The molecule has 3 aromatic rings. The minimum absolute atomic E-state index is 0.0112. The van der Waals surface area contributed by atoms with E-state index in [1.54, 1.807) is 24.4 Å². The molecule has 10 nitrogen and oxygen atoms in total. The van der Waals surface area contributed by atoms with Crippen molar-refractivity contribution in [1.29, 1.82) is 0 Å². The summed E-state index contributed by atoms with van der Waals surface area (Å²) in [5.41, 5.74) is 2.13. The molecule has 186 valence electrons. The first-order valence-electron chi connectivity index (χ1n) is 11.5. The molecule has 0 spiro atoms. The molecule has 1 fully saturated rings. The van der Waals surface area contributed by atoms with E-state index in [0.29, 0.717) is 41.9 Å². The van der Waals surface area contributed by atoms with Gasteiger partial charge in [0.1, 0.15) is 23.3 Å². The number of carbonyl (C=O) groups excluding carboxylic acids is 1. The average Bonchev–Trinajstić information content (AvgIpc) is 3.25. The number of aryl methyl sites for hydroxylation is 1. The average molecular weight is 500 g/mol. The summed E-state index contributed by atoms with van der Waals surface area (Å²) in [5.74, 6) is 0.215. The van der Waals surface area contributed by atoms with Crippen LogP contribution in [0.5, 0.6) is 5.75 Å². The molecule has 2 aliphatic rings. The first-order valence-corrected chi connectivity index (χ1v) is 13.0. The molecule has 3 heterocycles. The number of H-pyrrole nitrogens is 1. The Kier molecular flexibility index (Phi) is 5.73. The standard InChI is InChI=1S/C24H29N5O5S/c1-15-10-16-13-25-27-22(16)21(11-15)35(32,33)29-7-6-19(29)23(31)26-17-4-5-18-20(12-17)34-9-8-28(18)24(2,3)14-30/h4-5,10-13,19,30H,6-9,14H2,1-3H3,(H,25,27)(H,26,31)/t19-/m0/s1. The fourth-order valence-electron chi connectivity index (χ4n) is 4.65. The van der Waals surface area contributed by atoms with Gasteiger partial charge in [0, 0.05) is 23.7 Å². The fourth-order valence-corrected chi connectivity index (χ4v) is 6.54. The number of aliphatic hydroxyl groups excluding tert-OH is 1. The quantitative estimate of drug-likeness (QED) is 0.475. The second kappa shape index (κ2) is 8.51. The number of aromatic amines is 1. The van der Waals surface area contributed by atoms with Crippen LogP contribution in [0.25, 0.3) is 10.9 Å². The summed E-state index contributed by atoms with van der Waals surface area (Å²) >= 11 is 0. The van der Waals surface area contributed by atoms with Gasteiger partial charge in [-0.1, -0.05) is 0 Å². The first-order chi connectivity index (χ1) is 16.6. The molecule has 5 rings (SSSR count). The van der Waals surface area contributed by atoms with Crippen LogP contribution in [0, 0.1) is 6.92 Å². The summed E-state index contributed by atoms with van der Waals surface area (Å²) in [7, 11) is -3.90. The number of aliphatic hydroxyl groups is 1. The number of carbonyl (C=O) groups is 1. The van der Waals surface area contributed by atoms with Crippen molar-refractivity contribution in [2.24, 2.45) is 0 Å². The van der Waals surface area contributed by atoms with E-state index >= 15 is 0 Å². The maximum absolute atomic E-state index is 13.4. The fraction of sp³-hybridized carbons (Fsp3) is 0.417. The molecule has 0 unspecified atom stereocenters. The Morgan fingerprint density at radius 2 is 2.09 bits per heavy atom. The number of nitrogens with zero attached hydrogens (tertiary/aromatic N) is 3. The predicted molar refractivity (Wildman–Crippen MR) is 132 cm³/mol. The molecule has 1 amide bonds. The lowest BCUT2D eigenvalue weighted by molar-refractivity contribution is -0.122. The minimum Gasteiger partial charge on any atom is -0.489 e. The van der Waals surface area contributed by atoms with Crippen molar-refractivity contribution in [3.63, 3.8) is 0 Å². The summed E-state index contributed by atoms with van der Waals surface area (Å²) in [6.07, 6.45) is 2.02. The zero-order valence-corrected chi connectivity index (χ0v) is 20.7. The molecule has 0 saturated carbocycles. The molecule has 1 saturated heterocycles. The molecule has 1 aromatic heterocycles. The number of sulfonamides is 1. The van der Waals surface area contributed by atoms with Gasteiger partial charge in [-0.3, -0.25) is 9.89 Å². The van der Waals surface area contributed by atoms with Gasteiger partial charge in [-0.2, -0.15) is 9.40 Å². The monoisotopic (exact) mass is 499 g/mol. The van der Waals surface area contributed by atoms with Crippen molar-refractivity contribution in [2.45, 2.75) is 43.7 Å². The SMILES string of the molecule is Cc1cc(S(=O)(=O)N2CC[C@H]2C(=O)Nc2ccc3c(c2)OCCN3C(C)(C)CO)c2[nH]ncc2c1. The maximum Gasteiger partial charge on any atom is 0.245 e. The third kappa shape index (κ3) is 4.03. The third-order valence-corrected chi connectivity index (χ3v) is 8.66. The van der Waals surface area contributed by atoms with Crippen LogP contribution < -0.4 is 15.0 Å². The Morgan fingerprint density at radius 3 is 2.80 bits per heavy atom. The second-order valence-corrected chi connectivity index (χ2v) is 11.5. The molecule has 2 aromatic carbocycles. The van der Waals surface area contributed by atoms with Crippen LogP contribution in [0.15, 0.2) is 41.4 Å². The molecule has 0 bridgehead atoms. The first kappa shape index (κ1) is 23.6. The molecule has 2 aliphatic heterocycles. The van der Waals surface area contributed by atoms with Crippen molar-refractivity contribution < 1.29 is 23.1 Å². The highest BCUT2D eigenvalue weighted by Gasteiger charge is 2.43. The number of ether oxygens (including phenoxy) is 1. The Morgan fingerprint density at radius 1 is 1.29 bits per heavy atom. The van der Waals surface area contributed by atoms with Gasteiger partial charge in [0.05, 0.1) is 36.1 Å². The van der Waals surface area contributed by atoms with E-state index in [-0.39, 0.29) is 18.0 Å². The van der Waals surface area contributed by atoms with E-state index in [0.717, 1.165) is 11.3 Å². The van der Waals surface area contributed by atoms with Crippen LogP contribution in [0.4, 0.5) is 11.4 Å². The van der Waals surface area contributed by atoms with Crippen molar-refractivity contribution in [3.05, 3.63) is 42.1 Å². The summed E-state index contributed by atoms with van der Waals surface area (Å²) < 4.78 is 33.9. The van der Waals surface area contributed by atoms with Crippen LogP contribution in [-0.4, -0.2) is 71.8 Å². The van der Waals surface area contributed by atoms with Crippen LogP contribution >= 0.6 is 0 Å². The normalized spacial score (nSPS) is 18.6. The number of hydrogen-bond acceptors (Lipinski definition) is 7. The lowest BCUT2D eigenvalue weighted by atomic mass is 10.0. The molecular formula is C24H29N5O5S. The maximum atomic E-state index is 13.4. The van der Waals surface area contributed by atoms with Gasteiger partial charge >= 0.3 is 0 Å². The van der Waals surface area contributed by atoms with E-state index in [4.69, 9.17) is 4.74 Å². The molecule has 11 heteroatoms. The second-order valence-electron chi connectivity index (χ2n) is 9.66. The highest BCUT2D eigenvalue weighted by atomic mass is 32.2. The number of aromatic nitrogens is 2. The lowest BCUT2D eigenvalue weighted by Crippen LogP contribution is -2.56. The number of amides is 1. The molecule has 1 atom stereocenters. The minimum atomic E-state index is -3.90. The largest absolute Gasteiger partial charge is 0.489 e. The topological polar surface area (TPSA) is 128 Å². The Labute approximate surface area is 203 Å². The van der Waals surface area contributed by atoms with Gasteiger partial charge in [0.2, 0.25) is 15.9 Å². The van der Waals surface area contributed by atoms with E-state index < -0.39 is 27.5 Å². The van der Waals surface area contributed by atoms with E-state index in [2.05, 4.69) is 20.4 Å². The highest BCUT2D eigenvalue weighted by molar-refractivity contribution is 7.89. The van der Waals surface area contributed by atoms with E-state index in [9.17, 15) is 18.3 Å². The smallest absolute Gasteiger partial charge is 0.245 e. The summed E-state index contributed by atoms with van der Waals surface area (Å²) in [5, 5.41) is 20.1. The van der Waals surface area contributed by atoms with Crippen molar-refractivity contribution >= 4 is 38.2 Å². The van der Waals surface area contributed by atoms with Gasteiger partial charge in [0.25, 0.3) is 0 Å². The number of anilines is 2. The van der Waals surface area contributed by atoms with Gasteiger partial charge in [0.15, 0.2) is 0 Å². The van der Waals surface area contributed by atoms with E-state index in [1.807, 2.05) is 32.9 Å². The van der Waals surface area contributed by atoms with Crippen LogP contribution in [0.2, 0.25) is 0 Å². The Balaban J connectivity index is 1.36. The van der Waals surface area contributed by atoms with Crippen molar-refractivity contribution in [1.82, 2.24) is 14.5 Å². The van der Waals surface area contributed by atoms with Gasteiger partial charge < -0.3 is 20.1 Å². The molecular weight excluding hydrogens is 470 g/mol. The number of fused-ring (bicyclic) bond motifs is 2.